The van der Waals surface area contributed by atoms with Gasteiger partial charge in [0.25, 0.3) is 5.56 Å². The molecule has 1 heterocycles. The lowest BCUT2D eigenvalue weighted by Gasteiger charge is -2.05. The third-order valence-corrected chi connectivity index (χ3v) is 2.14. The van der Waals surface area contributed by atoms with Crippen molar-refractivity contribution in [3.8, 4) is 0 Å². The van der Waals surface area contributed by atoms with Crippen LogP contribution in [0.25, 0.3) is 0 Å². The Bertz CT molecular complexity index is 373. The molecular formula is C10H17N3O2. The number of nitrogen functional groups attached to an aromatic ring is 1. The molecule has 0 unspecified atom stereocenters. The molecule has 5 nitrogen and oxygen atoms in total. The minimum Gasteiger partial charge on any atom is -0.383 e. The lowest BCUT2D eigenvalue weighted by Crippen LogP contribution is -2.20. The second-order valence-electron chi connectivity index (χ2n) is 3.18. The molecule has 5 heteroatoms. The van der Waals surface area contributed by atoms with Crippen LogP contribution in [-0.4, -0.2) is 23.2 Å². The molecule has 3 N–H and O–H groups in total. The highest BCUT2D eigenvalue weighted by molar-refractivity contribution is 5.37. The number of anilines is 1. The van der Waals surface area contributed by atoms with Crippen LogP contribution in [0.5, 0.6) is 0 Å². The molecule has 0 radical (unpaired) electrons. The van der Waals surface area contributed by atoms with Gasteiger partial charge in [-0.05, 0) is 13.3 Å². The predicted molar refractivity (Wildman–Crippen MR) is 58.8 cm³/mol. The van der Waals surface area contributed by atoms with Gasteiger partial charge in [-0.2, -0.15) is 0 Å². The van der Waals surface area contributed by atoms with Crippen molar-refractivity contribution < 1.29 is 4.74 Å². The summed E-state index contributed by atoms with van der Waals surface area (Å²) < 4.78 is 5.17. The fourth-order valence-electron chi connectivity index (χ4n) is 1.34. The third kappa shape index (κ3) is 3.06. The molecule has 0 atom stereocenters. The van der Waals surface area contributed by atoms with Gasteiger partial charge < -0.3 is 15.5 Å². The summed E-state index contributed by atoms with van der Waals surface area (Å²) in [4.78, 5) is 18.3. The molecule has 0 saturated heterocycles. The lowest BCUT2D eigenvalue weighted by molar-refractivity contribution is 0.149. The second-order valence-corrected chi connectivity index (χ2v) is 3.18. The highest BCUT2D eigenvalue weighted by Gasteiger charge is 2.06. The molecule has 15 heavy (non-hydrogen) atoms. The van der Waals surface area contributed by atoms with E-state index in [9.17, 15) is 4.79 Å². The van der Waals surface area contributed by atoms with E-state index in [1.54, 1.807) is 0 Å². The largest absolute Gasteiger partial charge is 0.383 e. The molecule has 0 aliphatic heterocycles. The van der Waals surface area contributed by atoms with E-state index >= 15 is 0 Å². The summed E-state index contributed by atoms with van der Waals surface area (Å²) in [6.07, 6.45) is 1.18. The Labute approximate surface area is 88.7 Å². The number of hydrogen-bond acceptors (Lipinski definition) is 4. The molecule has 0 amide bonds. The van der Waals surface area contributed by atoms with Crippen LogP contribution in [0.1, 0.15) is 25.2 Å². The van der Waals surface area contributed by atoms with Gasteiger partial charge in [0.15, 0.2) is 0 Å². The number of aromatic amines is 1. The maximum atomic E-state index is 11.5. The topological polar surface area (TPSA) is 81.0 Å². The average molecular weight is 211 g/mol. The molecule has 84 valence electrons. The first-order chi connectivity index (χ1) is 7.19. The molecular weight excluding hydrogens is 194 g/mol. The van der Waals surface area contributed by atoms with Crippen LogP contribution in [0.2, 0.25) is 0 Å². The smallest absolute Gasteiger partial charge is 0.256 e. The van der Waals surface area contributed by atoms with E-state index in [0.29, 0.717) is 43.3 Å². The zero-order chi connectivity index (χ0) is 11.3. The summed E-state index contributed by atoms with van der Waals surface area (Å²) in [5, 5.41) is 0. The van der Waals surface area contributed by atoms with E-state index in [1.807, 2.05) is 13.8 Å². The SMILES string of the molecule is CCOCCc1nc(N)c(CC)c(=O)[nH]1. The first-order valence-corrected chi connectivity index (χ1v) is 5.14. The average Bonchev–Trinajstić information content (AvgIpc) is 2.18. The van der Waals surface area contributed by atoms with E-state index in [0.717, 1.165) is 0 Å². The van der Waals surface area contributed by atoms with Gasteiger partial charge in [-0.3, -0.25) is 4.79 Å². The molecule has 1 aromatic rings. The number of ether oxygens (including phenoxy) is 1. The van der Waals surface area contributed by atoms with E-state index in [2.05, 4.69) is 9.97 Å². The molecule has 1 aromatic heterocycles. The number of nitrogens with one attached hydrogen (secondary N) is 1. The van der Waals surface area contributed by atoms with Crippen LogP contribution in [0.4, 0.5) is 5.82 Å². The molecule has 0 spiro atoms. The van der Waals surface area contributed by atoms with Crippen LogP contribution >= 0.6 is 0 Å². The third-order valence-electron chi connectivity index (χ3n) is 2.14. The van der Waals surface area contributed by atoms with Crippen molar-refractivity contribution in [2.24, 2.45) is 0 Å². The normalized spacial score (nSPS) is 10.5. The van der Waals surface area contributed by atoms with Gasteiger partial charge in [0, 0.05) is 13.0 Å². The van der Waals surface area contributed by atoms with Crippen LogP contribution < -0.4 is 11.3 Å². The quantitative estimate of drug-likeness (QED) is 0.695. The van der Waals surface area contributed by atoms with E-state index in [-0.39, 0.29) is 5.56 Å². The van der Waals surface area contributed by atoms with E-state index in [4.69, 9.17) is 10.5 Å². The minimum atomic E-state index is -0.142. The maximum Gasteiger partial charge on any atom is 0.256 e. The summed E-state index contributed by atoms with van der Waals surface area (Å²) in [7, 11) is 0. The van der Waals surface area contributed by atoms with Gasteiger partial charge in [-0.25, -0.2) is 4.98 Å². The van der Waals surface area contributed by atoms with Gasteiger partial charge in [0.1, 0.15) is 11.6 Å². The zero-order valence-electron chi connectivity index (χ0n) is 9.17. The van der Waals surface area contributed by atoms with Crippen molar-refractivity contribution >= 4 is 5.82 Å². The minimum absolute atomic E-state index is 0.142. The lowest BCUT2D eigenvalue weighted by atomic mass is 10.2. The summed E-state index contributed by atoms with van der Waals surface area (Å²) in [6.45, 7) is 5.00. The van der Waals surface area contributed by atoms with Crippen molar-refractivity contribution in [2.45, 2.75) is 26.7 Å². The van der Waals surface area contributed by atoms with Gasteiger partial charge in [0.05, 0.1) is 12.2 Å². The summed E-state index contributed by atoms with van der Waals surface area (Å²) in [6, 6.07) is 0. The first-order valence-electron chi connectivity index (χ1n) is 5.14. The maximum absolute atomic E-state index is 11.5. The van der Waals surface area contributed by atoms with Crippen LogP contribution in [0.3, 0.4) is 0 Å². The molecule has 0 fully saturated rings. The number of nitrogens with two attached hydrogens (primary N) is 1. The van der Waals surface area contributed by atoms with Crippen LogP contribution in [-0.2, 0) is 17.6 Å². The predicted octanol–water partition coefficient (Wildman–Crippen LogP) is 0.493. The number of nitrogens with zero attached hydrogens (tertiary/aromatic N) is 1. The Kier molecular flexibility index (Phi) is 4.30. The molecule has 1 rings (SSSR count). The Hall–Kier alpha value is -1.36. The Morgan fingerprint density at radius 2 is 2.20 bits per heavy atom. The van der Waals surface area contributed by atoms with Gasteiger partial charge >= 0.3 is 0 Å². The van der Waals surface area contributed by atoms with Crippen molar-refractivity contribution in [3.63, 3.8) is 0 Å². The summed E-state index contributed by atoms with van der Waals surface area (Å²) >= 11 is 0. The number of hydrogen-bond donors (Lipinski definition) is 2. The van der Waals surface area contributed by atoms with Crippen molar-refractivity contribution in [1.82, 2.24) is 9.97 Å². The Balaban J connectivity index is 2.80. The number of aromatic nitrogens is 2. The highest BCUT2D eigenvalue weighted by Crippen LogP contribution is 2.03. The zero-order valence-corrected chi connectivity index (χ0v) is 9.17. The van der Waals surface area contributed by atoms with Gasteiger partial charge in [-0.15, -0.1) is 0 Å². The fourth-order valence-corrected chi connectivity index (χ4v) is 1.34. The second kappa shape index (κ2) is 5.50. The Morgan fingerprint density at radius 1 is 1.47 bits per heavy atom. The summed E-state index contributed by atoms with van der Waals surface area (Å²) in [5.74, 6) is 0.913. The fraction of sp³-hybridized carbons (Fsp3) is 0.600. The van der Waals surface area contributed by atoms with Crippen molar-refractivity contribution in [1.29, 1.82) is 0 Å². The summed E-state index contributed by atoms with van der Waals surface area (Å²) in [5.41, 5.74) is 6.07. The molecule has 0 aliphatic carbocycles. The van der Waals surface area contributed by atoms with Gasteiger partial charge in [-0.1, -0.05) is 6.92 Å². The van der Waals surface area contributed by atoms with Gasteiger partial charge in [0.2, 0.25) is 0 Å². The highest BCUT2D eigenvalue weighted by atomic mass is 16.5. The Morgan fingerprint density at radius 3 is 2.73 bits per heavy atom. The van der Waals surface area contributed by atoms with E-state index in [1.165, 1.54) is 0 Å². The monoisotopic (exact) mass is 211 g/mol. The van der Waals surface area contributed by atoms with E-state index < -0.39 is 0 Å². The van der Waals surface area contributed by atoms with Crippen molar-refractivity contribution in [3.05, 3.63) is 21.7 Å². The first kappa shape index (κ1) is 11.7. The molecule has 0 aromatic carbocycles. The van der Waals surface area contributed by atoms with Crippen LogP contribution in [0, 0.1) is 0 Å². The molecule has 0 aliphatic rings. The van der Waals surface area contributed by atoms with Crippen molar-refractivity contribution in [2.75, 3.05) is 18.9 Å². The molecule has 0 saturated carbocycles. The van der Waals surface area contributed by atoms with Crippen LogP contribution in [0.15, 0.2) is 4.79 Å². The molecule has 0 bridgehead atoms. The standard InChI is InChI=1S/C10H17N3O2/c1-3-7-9(11)12-8(13-10(7)14)5-6-15-4-2/h3-6H2,1-2H3,(H3,11,12,13,14). The number of H-pyrrole nitrogens is 1. The number of rotatable bonds is 5.